The van der Waals surface area contributed by atoms with E-state index in [1.54, 1.807) is 11.0 Å². The number of benzene rings is 1. The van der Waals surface area contributed by atoms with Gasteiger partial charge in [0.25, 0.3) is 0 Å². The van der Waals surface area contributed by atoms with E-state index in [-0.39, 0.29) is 12.0 Å². The molecule has 0 unspecified atom stereocenters. The van der Waals surface area contributed by atoms with Gasteiger partial charge in [0.2, 0.25) is 5.88 Å². The predicted octanol–water partition coefficient (Wildman–Crippen LogP) is 2.27. The highest BCUT2D eigenvalue weighted by Gasteiger charge is 2.22. The summed E-state index contributed by atoms with van der Waals surface area (Å²) in [6.45, 7) is 1.52. The van der Waals surface area contributed by atoms with Gasteiger partial charge in [-0.3, -0.25) is 0 Å². The van der Waals surface area contributed by atoms with Crippen molar-refractivity contribution in [3.8, 4) is 5.88 Å². The van der Waals surface area contributed by atoms with Gasteiger partial charge in [0.1, 0.15) is 0 Å². The molecule has 0 N–H and O–H groups in total. The molecule has 1 aromatic heterocycles. The summed E-state index contributed by atoms with van der Waals surface area (Å²) < 4.78 is 5.14. The van der Waals surface area contributed by atoms with Crippen molar-refractivity contribution in [3.05, 3.63) is 53.7 Å². The average Bonchev–Trinajstić information content (AvgIpc) is 2.40. The van der Waals surface area contributed by atoms with Crippen molar-refractivity contribution in [2.75, 3.05) is 13.1 Å². The molecule has 5 nitrogen and oxygen atoms in total. The molecule has 5 heteroatoms. The highest BCUT2D eigenvalue weighted by atomic mass is 16.6. The molecule has 20 heavy (non-hydrogen) atoms. The summed E-state index contributed by atoms with van der Waals surface area (Å²) in [6.07, 6.45) is 1.41. The van der Waals surface area contributed by atoms with Gasteiger partial charge in [-0.1, -0.05) is 30.3 Å². The van der Waals surface area contributed by atoms with Crippen LogP contribution in [0, 0.1) is 0 Å². The first-order chi connectivity index (χ1) is 9.81. The molecule has 3 rings (SSSR count). The number of rotatable bonds is 3. The molecule has 0 aliphatic carbocycles. The van der Waals surface area contributed by atoms with Crippen molar-refractivity contribution in [3.63, 3.8) is 0 Å². The van der Waals surface area contributed by atoms with Crippen LogP contribution in [0.3, 0.4) is 0 Å². The Morgan fingerprint density at radius 3 is 2.50 bits per heavy atom. The molecule has 0 atom stereocenters. The second kappa shape index (κ2) is 5.69. The third-order valence-electron chi connectivity index (χ3n) is 3.23. The van der Waals surface area contributed by atoms with E-state index >= 15 is 0 Å². The summed E-state index contributed by atoms with van der Waals surface area (Å²) in [5.41, 5.74) is 2.02. The Labute approximate surface area is 117 Å². The van der Waals surface area contributed by atoms with E-state index < -0.39 is 0 Å². The highest BCUT2D eigenvalue weighted by molar-refractivity contribution is 5.70. The zero-order valence-corrected chi connectivity index (χ0v) is 11.0. The Balaban J connectivity index is 1.61. The number of hydrogen-bond acceptors (Lipinski definition) is 4. The van der Waals surface area contributed by atoms with Gasteiger partial charge in [-0.05, 0) is 18.1 Å². The van der Waals surface area contributed by atoms with E-state index in [4.69, 9.17) is 4.74 Å². The lowest BCUT2D eigenvalue weighted by atomic mass is 10.1. The predicted molar refractivity (Wildman–Crippen MR) is 73.5 cm³/mol. The van der Waals surface area contributed by atoms with Crippen molar-refractivity contribution < 1.29 is 9.53 Å². The lowest BCUT2D eigenvalue weighted by molar-refractivity contribution is 0.123. The molecule has 2 heterocycles. The van der Waals surface area contributed by atoms with E-state index in [1.165, 1.54) is 5.56 Å². The van der Waals surface area contributed by atoms with Crippen molar-refractivity contribution in [1.29, 1.82) is 0 Å². The maximum absolute atomic E-state index is 11.6. The monoisotopic (exact) mass is 269 g/mol. The van der Waals surface area contributed by atoms with Gasteiger partial charge in [-0.15, -0.1) is 5.10 Å². The van der Waals surface area contributed by atoms with Crippen LogP contribution in [0.2, 0.25) is 0 Å². The summed E-state index contributed by atoms with van der Waals surface area (Å²) in [5, 5.41) is 8.02. The number of aromatic nitrogens is 2. The van der Waals surface area contributed by atoms with Crippen LogP contribution < -0.4 is 4.74 Å². The third-order valence-corrected chi connectivity index (χ3v) is 3.23. The van der Waals surface area contributed by atoms with Crippen LogP contribution in [-0.4, -0.2) is 34.3 Å². The van der Waals surface area contributed by atoms with Crippen LogP contribution in [0.25, 0.3) is 0 Å². The van der Waals surface area contributed by atoms with Crippen molar-refractivity contribution >= 4 is 6.09 Å². The second-order valence-electron chi connectivity index (χ2n) is 4.73. The van der Waals surface area contributed by atoms with Crippen LogP contribution in [0.5, 0.6) is 5.88 Å². The van der Waals surface area contributed by atoms with Crippen molar-refractivity contribution in [1.82, 2.24) is 15.1 Å². The largest absolute Gasteiger partial charge is 0.416 e. The Kier molecular flexibility index (Phi) is 3.58. The molecule has 0 radical (unpaired) electrons. The maximum atomic E-state index is 11.6. The summed E-state index contributed by atoms with van der Waals surface area (Å²) in [6, 6.07) is 13.6. The molecule has 0 spiro atoms. The molecule has 1 aromatic carbocycles. The van der Waals surface area contributed by atoms with E-state index in [2.05, 4.69) is 10.2 Å². The zero-order chi connectivity index (χ0) is 13.8. The topological polar surface area (TPSA) is 55.3 Å². The summed E-state index contributed by atoms with van der Waals surface area (Å²) in [4.78, 5) is 13.2. The van der Waals surface area contributed by atoms with E-state index in [0.717, 1.165) is 25.2 Å². The molecular formula is C15H15N3O2. The normalized spacial score (nSPS) is 13.7. The van der Waals surface area contributed by atoms with Gasteiger partial charge in [0.15, 0.2) is 0 Å². The molecule has 1 aliphatic rings. The average molecular weight is 269 g/mol. The van der Waals surface area contributed by atoms with Crippen LogP contribution in [0.15, 0.2) is 42.5 Å². The first-order valence-electron chi connectivity index (χ1n) is 6.64. The Morgan fingerprint density at radius 2 is 1.90 bits per heavy atom. The molecular weight excluding hydrogens is 254 g/mol. The number of carbonyl (C=O) groups excluding carboxylic acids is 1. The fraction of sp³-hybridized carbons (Fsp3) is 0.267. The van der Waals surface area contributed by atoms with Crippen molar-refractivity contribution in [2.45, 2.75) is 12.8 Å². The summed E-state index contributed by atoms with van der Waals surface area (Å²) >= 11 is 0. The molecule has 102 valence electrons. The third kappa shape index (κ3) is 2.93. The van der Waals surface area contributed by atoms with Crippen LogP contribution >= 0.6 is 0 Å². The second-order valence-corrected chi connectivity index (χ2v) is 4.73. The number of hydrogen-bond donors (Lipinski definition) is 0. The smallest absolute Gasteiger partial charge is 0.389 e. The minimum atomic E-state index is -0.346. The van der Waals surface area contributed by atoms with E-state index in [0.29, 0.717) is 6.42 Å². The van der Waals surface area contributed by atoms with Crippen LogP contribution in [0.1, 0.15) is 17.7 Å². The maximum Gasteiger partial charge on any atom is 0.416 e. The van der Waals surface area contributed by atoms with Gasteiger partial charge >= 0.3 is 6.09 Å². The number of nitrogens with zero attached hydrogens (tertiary/aromatic N) is 3. The fourth-order valence-electron chi connectivity index (χ4n) is 1.95. The minimum absolute atomic E-state index is 0.249. The number of amides is 1. The quantitative estimate of drug-likeness (QED) is 0.857. The molecule has 2 aromatic rings. The van der Waals surface area contributed by atoms with E-state index in [9.17, 15) is 4.79 Å². The van der Waals surface area contributed by atoms with Gasteiger partial charge in [-0.25, -0.2) is 4.79 Å². The molecule has 1 saturated heterocycles. The lowest BCUT2D eigenvalue weighted by Gasteiger charge is -2.29. The first-order valence-corrected chi connectivity index (χ1v) is 6.64. The van der Waals surface area contributed by atoms with Gasteiger partial charge < -0.3 is 9.64 Å². The van der Waals surface area contributed by atoms with Gasteiger partial charge in [-0.2, -0.15) is 5.10 Å². The number of likely N-dealkylation sites (tertiary alicyclic amines) is 1. The van der Waals surface area contributed by atoms with Crippen LogP contribution in [0.4, 0.5) is 4.79 Å². The highest BCUT2D eigenvalue weighted by Crippen LogP contribution is 2.13. The fourth-order valence-corrected chi connectivity index (χ4v) is 1.95. The molecule has 0 saturated carbocycles. The van der Waals surface area contributed by atoms with Gasteiger partial charge in [0.05, 0.1) is 5.69 Å². The summed E-state index contributed by atoms with van der Waals surface area (Å²) in [5.74, 6) is 0.249. The summed E-state index contributed by atoms with van der Waals surface area (Å²) in [7, 11) is 0. The standard InChI is InChI=1S/C15H15N3O2/c19-15(18-9-4-10-18)20-14-8-7-13(16-17-14)11-12-5-2-1-3-6-12/h1-3,5-8H,4,9-11H2. The Hall–Kier alpha value is -2.43. The number of carbonyl (C=O) groups is 1. The molecule has 1 aliphatic heterocycles. The van der Waals surface area contributed by atoms with E-state index in [1.807, 2.05) is 36.4 Å². The zero-order valence-electron chi connectivity index (χ0n) is 11.0. The molecule has 0 bridgehead atoms. The Morgan fingerprint density at radius 1 is 1.10 bits per heavy atom. The lowest BCUT2D eigenvalue weighted by Crippen LogP contribution is -2.43. The Bertz CT molecular complexity index is 580. The molecule has 1 amide bonds. The minimum Gasteiger partial charge on any atom is -0.389 e. The van der Waals surface area contributed by atoms with Gasteiger partial charge in [0, 0.05) is 25.6 Å². The van der Waals surface area contributed by atoms with Crippen LogP contribution in [-0.2, 0) is 6.42 Å². The van der Waals surface area contributed by atoms with Crippen molar-refractivity contribution in [2.24, 2.45) is 0 Å². The number of ether oxygens (including phenoxy) is 1. The molecule has 1 fully saturated rings. The first kappa shape index (κ1) is 12.6. The SMILES string of the molecule is O=C(Oc1ccc(Cc2ccccc2)nn1)N1CCC1.